The summed E-state index contributed by atoms with van der Waals surface area (Å²) in [5.41, 5.74) is 5.82. The molecule has 2 rings (SSSR count). The summed E-state index contributed by atoms with van der Waals surface area (Å²) >= 11 is 0. The Kier molecular flexibility index (Phi) is 4.19. The minimum Gasteiger partial charge on any atom is -0.368 e. The Bertz CT molecular complexity index is 384. The van der Waals surface area contributed by atoms with E-state index in [0.29, 0.717) is 5.95 Å². The highest BCUT2D eigenvalue weighted by Crippen LogP contribution is 2.20. The third-order valence-corrected chi connectivity index (χ3v) is 3.24. The molecule has 2 heterocycles. The number of anilines is 3. The number of aromatic nitrogens is 2. The summed E-state index contributed by atoms with van der Waals surface area (Å²) in [5.74, 6) is 2.21. The van der Waals surface area contributed by atoms with Crippen LogP contribution in [-0.4, -0.2) is 49.2 Å². The van der Waals surface area contributed by atoms with E-state index in [1.807, 2.05) is 6.07 Å². The number of nitrogens with two attached hydrogens (primary N) is 1. The average molecular weight is 250 g/mol. The van der Waals surface area contributed by atoms with Crippen molar-refractivity contribution < 1.29 is 0 Å². The van der Waals surface area contributed by atoms with Gasteiger partial charge in [0.25, 0.3) is 0 Å². The van der Waals surface area contributed by atoms with E-state index in [1.165, 1.54) is 0 Å². The molecular weight excluding hydrogens is 228 g/mol. The first kappa shape index (κ1) is 12.9. The molecule has 1 aromatic heterocycles. The van der Waals surface area contributed by atoms with Crippen LogP contribution in [0.3, 0.4) is 0 Å². The Morgan fingerprint density at radius 3 is 2.56 bits per heavy atom. The lowest BCUT2D eigenvalue weighted by Gasteiger charge is -2.29. The largest absolute Gasteiger partial charge is 0.368 e. The van der Waals surface area contributed by atoms with Crippen LogP contribution in [0.4, 0.5) is 17.6 Å². The fourth-order valence-corrected chi connectivity index (χ4v) is 2.21. The highest BCUT2D eigenvalue weighted by atomic mass is 15.3. The van der Waals surface area contributed by atoms with Gasteiger partial charge in [-0.05, 0) is 13.8 Å². The molecule has 0 spiro atoms. The number of rotatable bonds is 4. The number of piperazine rings is 1. The molecule has 1 aromatic rings. The third-order valence-electron chi connectivity index (χ3n) is 3.24. The smallest absolute Gasteiger partial charge is 0.223 e. The van der Waals surface area contributed by atoms with Crippen LogP contribution in [0, 0.1) is 0 Å². The van der Waals surface area contributed by atoms with Crippen LogP contribution in [0.1, 0.15) is 13.8 Å². The second-order valence-corrected chi connectivity index (χ2v) is 4.35. The van der Waals surface area contributed by atoms with Crippen LogP contribution in [0.15, 0.2) is 6.07 Å². The standard InChI is InChI=1S/C12H22N6/c1-3-17(4-2)10-9-11(16-12(13)15-10)18-7-5-14-6-8-18/h9,14H,3-8H2,1-2H3,(H2,13,15,16). The lowest BCUT2D eigenvalue weighted by atomic mass is 10.3. The van der Waals surface area contributed by atoms with Gasteiger partial charge in [0.05, 0.1) is 0 Å². The van der Waals surface area contributed by atoms with E-state index in [0.717, 1.165) is 50.9 Å². The predicted octanol–water partition coefficient (Wildman–Crippen LogP) is 0.315. The van der Waals surface area contributed by atoms with E-state index in [-0.39, 0.29) is 0 Å². The molecule has 3 N–H and O–H groups in total. The number of hydrogen-bond acceptors (Lipinski definition) is 6. The van der Waals surface area contributed by atoms with Gasteiger partial charge >= 0.3 is 0 Å². The quantitative estimate of drug-likeness (QED) is 0.802. The van der Waals surface area contributed by atoms with E-state index >= 15 is 0 Å². The summed E-state index contributed by atoms with van der Waals surface area (Å²) in [6.45, 7) is 10.00. The molecule has 6 heteroatoms. The molecule has 0 saturated carbocycles. The van der Waals surface area contributed by atoms with Gasteiger partial charge in [-0.3, -0.25) is 0 Å². The molecule has 0 aliphatic carbocycles. The van der Waals surface area contributed by atoms with Crippen molar-refractivity contribution in [1.29, 1.82) is 0 Å². The van der Waals surface area contributed by atoms with Crippen molar-refractivity contribution in [3.63, 3.8) is 0 Å². The highest BCUT2D eigenvalue weighted by molar-refractivity contribution is 5.54. The molecule has 1 saturated heterocycles. The van der Waals surface area contributed by atoms with Gasteiger partial charge in [-0.2, -0.15) is 9.97 Å². The lowest BCUT2D eigenvalue weighted by Crippen LogP contribution is -2.44. The minimum atomic E-state index is 0.355. The summed E-state index contributed by atoms with van der Waals surface area (Å²) < 4.78 is 0. The Balaban J connectivity index is 2.24. The highest BCUT2D eigenvalue weighted by Gasteiger charge is 2.15. The van der Waals surface area contributed by atoms with Crippen LogP contribution in [0.5, 0.6) is 0 Å². The van der Waals surface area contributed by atoms with Gasteiger partial charge in [0, 0.05) is 45.3 Å². The second-order valence-electron chi connectivity index (χ2n) is 4.35. The molecule has 100 valence electrons. The van der Waals surface area contributed by atoms with Gasteiger partial charge in [-0.1, -0.05) is 0 Å². The maximum Gasteiger partial charge on any atom is 0.223 e. The molecule has 1 fully saturated rings. The summed E-state index contributed by atoms with van der Waals surface area (Å²) in [7, 11) is 0. The minimum absolute atomic E-state index is 0.355. The fraction of sp³-hybridized carbons (Fsp3) is 0.667. The van der Waals surface area contributed by atoms with Crippen LogP contribution in [-0.2, 0) is 0 Å². The van der Waals surface area contributed by atoms with Crippen molar-refractivity contribution in [1.82, 2.24) is 15.3 Å². The van der Waals surface area contributed by atoms with Gasteiger partial charge in [-0.15, -0.1) is 0 Å². The van der Waals surface area contributed by atoms with Crippen LogP contribution < -0.4 is 20.9 Å². The Morgan fingerprint density at radius 2 is 1.94 bits per heavy atom. The Labute approximate surface area is 108 Å². The number of hydrogen-bond donors (Lipinski definition) is 2. The zero-order valence-corrected chi connectivity index (χ0v) is 11.2. The van der Waals surface area contributed by atoms with E-state index in [9.17, 15) is 0 Å². The average Bonchev–Trinajstić information content (AvgIpc) is 2.40. The molecule has 1 aliphatic heterocycles. The third kappa shape index (κ3) is 2.81. The van der Waals surface area contributed by atoms with Gasteiger partial charge in [0.15, 0.2) is 0 Å². The van der Waals surface area contributed by atoms with Gasteiger partial charge < -0.3 is 20.9 Å². The van der Waals surface area contributed by atoms with E-state index in [1.54, 1.807) is 0 Å². The number of nitrogen functional groups attached to an aromatic ring is 1. The summed E-state index contributed by atoms with van der Waals surface area (Å²) in [5, 5.41) is 3.33. The summed E-state index contributed by atoms with van der Waals surface area (Å²) in [6.07, 6.45) is 0. The summed E-state index contributed by atoms with van der Waals surface area (Å²) in [6, 6.07) is 2.04. The molecule has 0 amide bonds. The maximum atomic E-state index is 5.82. The molecule has 18 heavy (non-hydrogen) atoms. The normalized spacial score (nSPS) is 15.8. The molecule has 0 aromatic carbocycles. The molecule has 0 unspecified atom stereocenters. The molecule has 6 nitrogen and oxygen atoms in total. The maximum absolute atomic E-state index is 5.82. The fourth-order valence-electron chi connectivity index (χ4n) is 2.21. The molecule has 0 radical (unpaired) electrons. The topological polar surface area (TPSA) is 70.3 Å². The van der Waals surface area contributed by atoms with Crippen molar-refractivity contribution in [3.8, 4) is 0 Å². The van der Waals surface area contributed by atoms with Crippen molar-refractivity contribution in [3.05, 3.63) is 6.07 Å². The molecular formula is C12H22N6. The van der Waals surface area contributed by atoms with Crippen LogP contribution >= 0.6 is 0 Å². The molecule has 1 aliphatic rings. The van der Waals surface area contributed by atoms with E-state index in [4.69, 9.17) is 5.73 Å². The first-order valence-electron chi connectivity index (χ1n) is 6.59. The Morgan fingerprint density at radius 1 is 1.28 bits per heavy atom. The monoisotopic (exact) mass is 250 g/mol. The van der Waals surface area contributed by atoms with Crippen LogP contribution in [0.2, 0.25) is 0 Å². The van der Waals surface area contributed by atoms with Crippen molar-refractivity contribution in [2.24, 2.45) is 0 Å². The van der Waals surface area contributed by atoms with Gasteiger partial charge in [0.2, 0.25) is 5.95 Å². The SMILES string of the molecule is CCN(CC)c1cc(N2CCNCC2)nc(N)n1. The van der Waals surface area contributed by atoms with Crippen molar-refractivity contribution in [2.45, 2.75) is 13.8 Å². The Hall–Kier alpha value is -1.56. The lowest BCUT2D eigenvalue weighted by molar-refractivity contribution is 0.584. The number of nitrogens with one attached hydrogen (secondary N) is 1. The van der Waals surface area contributed by atoms with Crippen molar-refractivity contribution >= 4 is 17.6 Å². The molecule has 0 bridgehead atoms. The van der Waals surface area contributed by atoms with E-state index < -0.39 is 0 Å². The van der Waals surface area contributed by atoms with Gasteiger partial charge in [-0.25, -0.2) is 0 Å². The van der Waals surface area contributed by atoms with Gasteiger partial charge in [0.1, 0.15) is 11.6 Å². The predicted molar refractivity (Wildman–Crippen MR) is 75.1 cm³/mol. The van der Waals surface area contributed by atoms with Crippen LogP contribution in [0.25, 0.3) is 0 Å². The summed E-state index contributed by atoms with van der Waals surface area (Å²) in [4.78, 5) is 13.1. The zero-order valence-electron chi connectivity index (χ0n) is 11.2. The first-order chi connectivity index (χ1) is 8.74. The number of nitrogens with zero attached hydrogens (tertiary/aromatic N) is 4. The van der Waals surface area contributed by atoms with E-state index in [2.05, 4.69) is 38.9 Å². The zero-order chi connectivity index (χ0) is 13.0. The molecule has 0 atom stereocenters. The van der Waals surface area contributed by atoms with Crippen molar-refractivity contribution in [2.75, 3.05) is 54.8 Å². The second kappa shape index (κ2) is 5.86. The first-order valence-corrected chi connectivity index (χ1v) is 6.59.